The minimum absolute atomic E-state index is 0.0195. The summed E-state index contributed by atoms with van der Waals surface area (Å²) in [7, 11) is 2.81. The molecule has 0 amide bonds. The lowest BCUT2D eigenvalue weighted by Gasteiger charge is -2.29. The second-order valence-electron chi connectivity index (χ2n) is 6.57. The fourth-order valence-corrected chi connectivity index (χ4v) is 3.52. The summed E-state index contributed by atoms with van der Waals surface area (Å²) in [6.07, 6.45) is 0. The van der Waals surface area contributed by atoms with Crippen molar-refractivity contribution >= 4 is 5.97 Å². The number of hydrogen-bond acceptors (Lipinski definition) is 8. The van der Waals surface area contributed by atoms with Gasteiger partial charge in [0.25, 0.3) is 5.56 Å². The normalized spacial score (nSPS) is 17.0. The first-order valence-corrected chi connectivity index (χ1v) is 8.89. The highest BCUT2D eigenvalue weighted by Gasteiger charge is 2.40. The molecular formula is C19H19N3O7. The van der Waals surface area contributed by atoms with Crippen LogP contribution in [-0.4, -0.2) is 28.5 Å². The van der Waals surface area contributed by atoms with E-state index in [0.29, 0.717) is 17.1 Å². The van der Waals surface area contributed by atoms with Crippen LogP contribution in [0.25, 0.3) is 0 Å². The third-order valence-corrected chi connectivity index (χ3v) is 4.92. The van der Waals surface area contributed by atoms with Crippen molar-refractivity contribution < 1.29 is 23.7 Å². The van der Waals surface area contributed by atoms with E-state index < -0.39 is 23.1 Å². The molecule has 2 aliphatic heterocycles. The van der Waals surface area contributed by atoms with Gasteiger partial charge >= 0.3 is 11.7 Å². The Morgan fingerprint density at radius 2 is 1.93 bits per heavy atom. The second-order valence-corrected chi connectivity index (χ2v) is 6.57. The van der Waals surface area contributed by atoms with Gasteiger partial charge in [-0.25, -0.2) is 9.59 Å². The van der Waals surface area contributed by atoms with Crippen LogP contribution in [0.5, 0.6) is 17.4 Å². The number of esters is 1. The molecule has 10 nitrogen and oxygen atoms in total. The van der Waals surface area contributed by atoms with E-state index in [1.165, 1.54) is 18.7 Å². The predicted octanol–water partition coefficient (Wildman–Crippen LogP) is 0.0704. The standard InChI is InChI=1S/C19H19N3O7/c1-4-26-18(24)13-12(9-5-6-10-11(7-9)28-8-27-10)14-16(23)21(2)19(25)22(3)17(14)29-15(13)20/h5-7,12H,4,8,20H2,1-3H3/t12-/m0/s1. The average Bonchev–Trinajstić information content (AvgIpc) is 3.17. The molecule has 0 saturated carbocycles. The summed E-state index contributed by atoms with van der Waals surface area (Å²) in [6.45, 7) is 1.84. The summed E-state index contributed by atoms with van der Waals surface area (Å²) in [4.78, 5) is 38.1. The molecule has 0 aliphatic carbocycles. The van der Waals surface area contributed by atoms with Gasteiger partial charge in [0.2, 0.25) is 18.6 Å². The van der Waals surface area contributed by atoms with Crippen LogP contribution in [0.4, 0.5) is 0 Å². The van der Waals surface area contributed by atoms with E-state index in [4.69, 9.17) is 24.7 Å². The average molecular weight is 401 g/mol. The lowest BCUT2D eigenvalue weighted by molar-refractivity contribution is -0.139. The number of ether oxygens (including phenoxy) is 4. The van der Waals surface area contributed by atoms with E-state index in [1.54, 1.807) is 25.1 Å². The monoisotopic (exact) mass is 401 g/mol. The number of carbonyl (C=O) groups is 1. The summed E-state index contributed by atoms with van der Waals surface area (Å²) >= 11 is 0. The SMILES string of the molecule is CCOC(=O)C1=C(N)Oc2c(c(=O)n(C)c(=O)n2C)[C@H]1c1ccc2c(c1)OCO2. The van der Waals surface area contributed by atoms with Gasteiger partial charge in [-0.15, -0.1) is 0 Å². The number of rotatable bonds is 3. The van der Waals surface area contributed by atoms with E-state index in [2.05, 4.69) is 0 Å². The molecule has 152 valence electrons. The van der Waals surface area contributed by atoms with Gasteiger partial charge in [-0.3, -0.25) is 13.9 Å². The van der Waals surface area contributed by atoms with Crippen LogP contribution < -0.4 is 31.2 Å². The van der Waals surface area contributed by atoms with Crippen LogP contribution in [0.2, 0.25) is 0 Å². The summed E-state index contributed by atoms with van der Waals surface area (Å²) < 4.78 is 23.6. The zero-order valence-electron chi connectivity index (χ0n) is 16.1. The summed E-state index contributed by atoms with van der Waals surface area (Å²) in [6, 6.07) is 5.04. The molecule has 0 saturated heterocycles. The summed E-state index contributed by atoms with van der Waals surface area (Å²) in [5.41, 5.74) is 5.50. The van der Waals surface area contributed by atoms with E-state index in [0.717, 1.165) is 4.57 Å². The Morgan fingerprint density at radius 3 is 2.66 bits per heavy atom. The number of benzene rings is 1. The highest BCUT2D eigenvalue weighted by molar-refractivity contribution is 5.92. The molecule has 0 bridgehead atoms. The van der Waals surface area contributed by atoms with Crippen LogP contribution in [0, 0.1) is 0 Å². The van der Waals surface area contributed by atoms with Crippen molar-refractivity contribution in [3.8, 4) is 17.4 Å². The van der Waals surface area contributed by atoms with Gasteiger partial charge in [-0.05, 0) is 24.6 Å². The summed E-state index contributed by atoms with van der Waals surface area (Å²) in [5, 5.41) is 0. The molecule has 0 fully saturated rings. The van der Waals surface area contributed by atoms with E-state index in [9.17, 15) is 14.4 Å². The number of fused-ring (bicyclic) bond motifs is 2. The largest absolute Gasteiger partial charge is 0.462 e. The number of carbonyl (C=O) groups excluding carboxylic acids is 1. The Morgan fingerprint density at radius 1 is 1.21 bits per heavy atom. The number of nitrogens with two attached hydrogens (primary N) is 1. The molecular weight excluding hydrogens is 382 g/mol. The van der Waals surface area contributed by atoms with E-state index >= 15 is 0 Å². The Bertz CT molecular complexity index is 1180. The highest BCUT2D eigenvalue weighted by Crippen LogP contribution is 2.43. The quantitative estimate of drug-likeness (QED) is 0.717. The molecule has 10 heteroatoms. The van der Waals surface area contributed by atoms with E-state index in [-0.39, 0.29) is 36.3 Å². The lowest BCUT2D eigenvalue weighted by atomic mass is 9.84. The van der Waals surface area contributed by atoms with Crippen molar-refractivity contribution in [2.24, 2.45) is 19.8 Å². The minimum Gasteiger partial charge on any atom is -0.462 e. The second kappa shape index (κ2) is 6.73. The molecule has 2 aliphatic rings. The Kier molecular flexibility index (Phi) is 4.33. The smallest absolute Gasteiger partial charge is 0.340 e. The zero-order valence-corrected chi connectivity index (χ0v) is 16.1. The number of hydrogen-bond donors (Lipinski definition) is 1. The first-order valence-electron chi connectivity index (χ1n) is 8.89. The maximum atomic E-state index is 13.0. The Balaban J connectivity index is 2.02. The van der Waals surface area contributed by atoms with Gasteiger partial charge in [0.1, 0.15) is 5.57 Å². The molecule has 29 heavy (non-hydrogen) atoms. The van der Waals surface area contributed by atoms with Gasteiger partial charge in [-0.1, -0.05) is 6.07 Å². The minimum atomic E-state index is -0.919. The fraction of sp³-hybridized carbons (Fsp3) is 0.316. The van der Waals surface area contributed by atoms with Crippen molar-refractivity contribution in [2.45, 2.75) is 12.8 Å². The molecule has 1 atom stereocenters. The molecule has 0 spiro atoms. The molecule has 0 radical (unpaired) electrons. The molecule has 3 heterocycles. The van der Waals surface area contributed by atoms with Crippen molar-refractivity contribution in [2.75, 3.05) is 13.4 Å². The van der Waals surface area contributed by atoms with Gasteiger partial charge in [0, 0.05) is 14.1 Å². The maximum absolute atomic E-state index is 13.0. The third-order valence-electron chi connectivity index (χ3n) is 4.92. The van der Waals surface area contributed by atoms with Crippen LogP contribution in [-0.2, 0) is 23.6 Å². The third kappa shape index (κ3) is 2.75. The molecule has 0 unspecified atom stereocenters. The van der Waals surface area contributed by atoms with Crippen molar-refractivity contribution in [3.63, 3.8) is 0 Å². The molecule has 2 N–H and O–H groups in total. The van der Waals surface area contributed by atoms with Crippen LogP contribution in [0.15, 0.2) is 39.2 Å². The predicted molar refractivity (Wildman–Crippen MR) is 99.8 cm³/mol. The van der Waals surface area contributed by atoms with Crippen molar-refractivity contribution in [1.29, 1.82) is 0 Å². The molecule has 1 aromatic carbocycles. The summed E-state index contributed by atoms with van der Waals surface area (Å²) in [5.74, 6) is -0.872. The maximum Gasteiger partial charge on any atom is 0.340 e. The van der Waals surface area contributed by atoms with Gasteiger partial charge in [0.15, 0.2) is 11.5 Å². The number of nitrogens with zero attached hydrogens (tertiary/aromatic N) is 2. The van der Waals surface area contributed by atoms with Crippen LogP contribution in [0.3, 0.4) is 0 Å². The van der Waals surface area contributed by atoms with Gasteiger partial charge in [0.05, 0.1) is 18.1 Å². The first kappa shape index (κ1) is 18.7. The lowest BCUT2D eigenvalue weighted by Crippen LogP contribution is -2.43. The molecule has 4 rings (SSSR count). The first-order chi connectivity index (χ1) is 13.8. The van der Waals surface area contributed by atoms with Gasteiger partial charge < -0.3 is 24.7 Å². The highest BCUT2D eigenvalue weighted by atomic mass is 16.7. The van der Waals surface area contributed by atoms with Crippen molar-refractivity contribution in [1.82, 2.24) is 9.13 Å². The molecule has 1 aromatic heterocycles. The topological polar surface area (TPSA) is 124 Å². The number of aromatic nitrogens is 2. The molecule has 2 aromatic rings. The van der Waals surface area contributed by atoms with Gasteiger partial charge in [-0.2, -0.15) is 0 Å². The zero-order chi connectivity index (χ0) is 20.9. The van der Waals surface area contributed by atoms with Crippen molar-refractivity contribution in [3.05, 3.63) is 61.6 Å². The van der Waals surface area contributed by atoms with Crippen LogP contribution >= 0.6 is 0 Å². The fourth-order valence-electron chi connectivity index (χ4n) is 3.52. The Hall–Kier alpha value is -3.69. The van der Waals surface area contributed by atoms with E-state index in [1.807, 2.05) is 0 Å². The Labute approximate surface area is 164 Å². The van der Waals surface area contributed by atoms with Crippen LogP contribution in [0.1, 0.15) is 24.0 Å².